The largest absolute Gasteiger partial charge is 0.478 e. The van der Waals surface area contributed by atoms with Gasteiger partial charge < -0.3 is 15.3 Å². The molecular weight excluding hydrogens is 244 g/mol. The first-order valence-electron chi connectivity index (χ1n) is 6.19. The minimum atomic E-state index is -1.03. The van der Waals surface area contributed by atoms with Gasteiger partial charge in [-0.25, -0.2) is 4.79 Å². The Morgan fingerprint density at radius 2 is 1.95 bits per heavy atom. The van der Waals surface area contributed by atoms with E-state index < -0.39 is 5.97 Å². The lowest BCUT2D eigenvalue weighted by Crippen LogP contribution is -2.34. The first-order chi connectivity index (χ1) is 8.90. The van der Waals surface area contributed by atoms with Gasteiger partial charge in [0.1, 0.15) is 0 Å². The Morgan fingerprint density at radius 3 is 2.53 bits per heavy atom. The summed E-state index contributed by atoms with van der Waals surface area (Å²) in [6, 6.07) is 6.08. The lowest BCUT2D eigenvalue weighted by atomic mass is 10.1. The SMILES string of the molecule is CC(CCN(C)C)NC(=O)c1cccc(C(=O)O)c1. The van der Waals surface area contributed by atoms with Crippen LogP contribution in [0.5, 0.6) is 0 Å². The smallest absolute Gasteiger partial charge is 0.335 e. The van der Waals surface area contributed by atoms with Crippen LogP contribution in [-0.4, -0.2) is 48.6 Å². The number of carbonyl (C=O) groups is 2. The van der Waals surface area contributed by atoms with Crippen molar-refractivity contribution in [3.63, 3.8) is 0 Å². The second kappa shape index (κ2) is 6.89. The molecule has 0 aliphatic rings. The van der Waals surface area contributed by atoms with Crippen LogP contribution in [0.3, 0.4) is 0 Å². The van der Waals surface area contributed by atoms with Crippen LogP contribution in [-0.2, 0) is 0 Å². The number of carbonyl (C=O) groups excluding carboxylic acids is 1. The number of amides is 1. The quantitative estimate of drug-likeness (QED) is 0.816. The number of rotatable bonds is 6. The fourth-order valence-corrected chi connectivity index (χ4v) is 1.62. The van der Waals surface area contributed by atoms with Gasteiger partial charge in [-0.3, -0.25) is 4.79 Å². The van der Waals surface area contributed by atoms with E-state index in [0.717, 1.165) is 13.0 Å². The summed E-state index contributed by atoms with van der Waals surface area (Å²) in [7, 11) is 3.95. The number of carboxylic acid groups (broad SMARTS) is 1. The molecule has 0 spiro atoms. The van der Waals surface area contributed by atoms with E-state index in [0.29, 0.717) is 5.56 Å². The third kappa shape index (κ3) is 5.09. The highest BCUT2D eigenvalue weighted by atomic mass is 16.4. The van der Waals surface area contributed by atoms with Gasteiger partial charge in [0, 0.05) is 11.6 Å². The van der Waals surface area contributed by atoms with Gasteiger partial charge >= 0.3 is 5.97 Å². The monoisotopic (exact) mass is 264 g/mol. The Balaban J connectivity index is 2.62. The van der Waals surface area contributed by atoms with E-state index in [2.05, 4.69) is 5.32 Å². The third-order valence-corrected chi connectivity index (χ3v) is 2.76. The van der Waals surface area contributed by atoms with Crippen LogP contribution in [0.1, 0.15) is 34.1 Å². The van der Waals surface area contributed by atoms with Crippen LogP contribution in [0.25, 0.3) is 0 Å². The zero-order valence-electron chi connectivity index (χ0n) is 11.5. The van der Waals surface area contributed by atoms with Gasteiger partial charge in [0.15, 0.2) is 0 Å². The Hall–Kier alpha value is -1.88. The van der Waals surface area contributed by atoms with Gasteiger partial charge in [0.25, 0.3) is 5.91 Å². The normalized spacial score (nSPS) is 12.2. The van der Waals surface area contributed by atoms with E-state index in [-0.39, 0.29) is 17.5 Å². The Bertz CT molecular complexity index is 458. The molecule has 1 amide bonds. The molecule has 0 radical (unpaired) electrons. The summed E-state index contributed by atoms with van der Waals surface area (Å²) in [6.45, 7) is 2.82. The maximum atomic E-state index is 12.0. The number of nitrogens with zero attached hydrogens (tertiary/aromatic N) is 1. The van der Waals surface area contributed by atoms with Gasteiger partial charge in [-0.2, -0.15) is 0 Å². The zero-order chi connectivity index (χ0) is 14.4. The fourth-order valence-electron chi connectivity index (χ4n) is 1.62. The molecule has 0 fully saturated rings. The maximum absolute atomic E-state index is 12.0. The number of aromatic carboxylic acids is 1. The molecule has 5 nitrogen and oxygen atoms in total. The summed E-state index contributed by atoms with van der Waals surface area (Å²) >= 11 is 0. The minimum Gasteiger partial charge on any atom is -0.478 e. The number of carboxylic acids is 1. The van der Waals surface area contributed by atoms with E-state index in [9.17, 15) is 9.59 Å². The van der Waals surface area contributed by atoms with Crippen LogP contribution in [0.15, 0.2) is 24.3 Å². The molecule has 0 aromatic heterocycles. The predicted molar refractivity (Wildman–Crippen MR) is 73.5 cm³/mol. The van der Waals surface area contributed by atoms with Crippen molar-refractivity contribution >= 4 is 11.9 Å². The summed E-state index contributed by atoms with van der Waals surface area (Å²) in [5.74, 6) is -1.27. The lowest BCUT2D eigenvalue weighted by molar-refractivity contribution is 0.0697. The molecule has 0 aliphatic heterocycles. The van der Waals surface area contributed by atoms with Gasteiger partial charge in [0.2, 0.25) is 0 Å². The minimum absolute atomic E-state index is 0.0448. The lowest BCUT2D eigenvalue weighted by Gasteiger charge is -2.16. The first kappa shape index (κ1) is 15.2. The molecule has 1 atom stereocenters. The Labute approximate surface area is 113 Å². The number of hydrogen-bond acceptors (Lipinski definition) is 3. The number of nitrogens with one attached hydrogen (secondary N) is 1. The average Bonchev–Trinajstić information content (AvgIpc) is 2.36. The summed E-state index contributed by atoms with van der Waals surface area (Å²) < 4.78 is 0. The van der Waals surface area contributed by atoms with Gasteiger partial charge in [-0.15, -0.1) is 0 Å². The molecule has 0 bridgehead atoms. The van der Waals surface area contributed by atoms with Crippen molar-refractivity contribution in [3.05, 3.63) is 35.4 Å². The van der Waals surface area contributed by atoms with E-state index in [4.69, 9.17) is 5.11 Å². The molecule has 0 saturated heterocycles. The molecule has 5 heteroatoms. The van der Waals surface area contributed by atoms with Crippen molar-refractivity contribution < 1.29 is 14.7 Å². The molecule has 2 N–H and O–H groups in total. The molecular formula is C14H20N2O3. The second-order valence-electron chi connectivity index (χ2n) is 4.85. The highest BCUT2D eigenvalue weighted by Crippen LogP contribution is 2.06. The Morgan fingerprint density at radius 1 is 1.32 bits per heavy atom. The van der Waals surface area contributed by atoms with Crippen molar-refractivity contribution in [1.82, 2.24) is 10.2 Å². The molecule has 0 saturated carbocycles. The van der Waals surface area contributed by atoms with E-state index in [1.165, 1.54) is 12.1 Å². The zero-order valence-corrected chi connectivity index (χ0v) is 11.5. The van der Waals surface area contributed by atoms with Crippen molar-refractivity contribution in [2.24, 2.45) is 0 Å². The molecule has 19 heavy (non-hydrogen) atoms. The van der Waals surface area contributed by atoms with Crippen molar-refractivity contribution in [2.45, 2.75) is 19.4 Å². The van der Waals surface area contributed by atoms with Crippen LogP contribution >= 0.6 is 0 Å². The average molecular weight is 264 g/mol. The summed E-state index contributed by atoms with van der Waals surface area (Å²) in [4.78, 5) is 24.8. The second-order valence-corrected chi connectivity index (χ2v) is 4.85. The molecule has 1 aromatic rings. The maximum Gasteiger partial charge on any atom is 0.335 e. The van der Waals surface area contributed by atoms with Gasteiger partial charge in [-0.1, -0.05) is 6.07 Å². The highest BCUT2D eigenvalue weighted by molar-refractivity contribution is 5.97. The van der Waals surface area contributed by atoms with Crippen molar-refractivity contribution in [3.8, 4) is 0 Å². The molecule has 1 aromatic carbocycles. The van der Waals surface area contributed by atoms with Crippen LogP contribution in [0.4, 0.5) is 0 Å². The van der Waals surface area contributed by atoms with Crippen LogP contribution in [0.2, 0.25) is 0 Å². The molecule has 104 valence electrons. The summed E-state index contributed by atoms with van der Waals surface area (Å²) in [5.41, 5.74) is 0.491. The van der Waals surface area contributed by atoms with E-state index >= 15 is 0 Å². The number of benzene rings is 1. The number of hydrogen-bond donors (Lipinski definition) is 2. The highest BCUT2D eigenvalue weighted by Gasteiger charge is 2.12. The van der Waals surface area contributed by atoms with Gasteiger partial charge in [0.05, 0.1) is 5.56 Å². The van der Waals surface area contributed by atoms with Crippen LogP contribution < -0.4 is 5.32 Å². The molecule has 1 unspecified atom stereocenters. The van der Waals surface area contributed by atoms with Crippen molar-refractivity contribution in [2.75, 3.05) is 20.6 Å². The fraction of sp³-hybridized carbons (Fsp3) is 0.429. The Kier molecular flexibility index (Phi) is 5.51. The predicted octanol–water partition coefficient (Wildman–Crippen LogP) is 1.45. The first-order valence-corrected chi connectivity index (χ1v) is 6.19. The van der Waals surface area contributed by atoms with Gasteiger partial charge in [-0.05, 0) is 52.2 Å². The topological polar surface area (TPSA) is 69.6 Å². The summed E-state index contributed by atoms with van der Waals surface area (Å²) in [6.07, 6.45) is 0.845. The standard InChI is InChI=1S/C14H20N2O3/c1-10(7-8-16(2)3)15-13(17)11-5-4-6-12(9-11)14(18)19/h4-6,9-10H,7-8H2,1-3H3,(H,15,17)(H,18,19). The molecule has 0 heterocycles. The third-order valence-electron chi connectivity index (χ3n) is 2.76. The van der Waals surface area contributed by atoms with E-state index in [1.807, 2.05) is 25.9 Å². The van der Waals surface area contributed by atoms with Crippen molar-refractivity contribution in [1.29, 1.82) is 0 Å². The summed E-state index contributed by atoms with van der Waals surface area (Å²) in [5, 5.41) is 11.7. The molecule has 1 rings (SSSR count). The van der Waals surface area contributed by atoms with E-state index in [1.54, 1.807) is 12.1 Å². The molecule has 0 aliphatic carbocycles. The van der Waals surface area contributed by atoms with Crippen LogP contribution in [0, 0.1) is 0 Å².